The average molecular weight is 392 g/mol. The van der Waals surface area contributed by atoms with Crippen molar-refractivity contribution in [2.45, 2.75) is 20.0 Å². The summed E-state index contributed by atoms with van der Waals surface area (Å²) >= 11 is 0. The van der Waals surface area contributed by atoms with Crippen molar-refractivity contribution in [1.82, 2.24) is 4.98 Å². The average Bonchev–Trinajstić information content (AvgIpc) is 2.96. The Morgan fingerprint density at radius 1 is 1.08 bits per heavy atom. The first-order chi connectivity index (χ1) is 11.3. The van der Waals surface area contributed by atoms with Gasteiger partial charge in [-0.05, 0) is 36.8 Å². The third-order valence-electron chi connectivity index (χ3n) is 3.48. The normalized spacial score (nSPS) is 10.0. The molecule has 0 radical (unpaired) electrons. The predicted molar refractivity (Wildman–Crippen MR) is 86.8 cm³/mol. The first-order valence-electron chi connectivity index (χ1n) is 7.35. The number of benzene rings is 2. The SMILES string of the molecule is Cc1oc(-c2ccc(OCc3ccccc3)cc2)nc1C[C-]=O.[Rb+]. The number of oxazole rings is 1. The number of hydrogen-bond acceptors (Lipinski definition) is 4. The Kier molecular flexibility index (Phi) is 7.56. The Hall–Kier alpha value is -1.07. The molecule has 0 fully saturated rings. The van der Waals surface area contributed by atoms with Gasteiger partial charge in [0.1, 0.15) is 18.1 Å². The maximum atomic E-state index is 10.5. The second kappa shape index (κ2) is 9.42. The Morgan fingerprint density at radius 2 is 1.79 bits per heavy atom. The fourth-order valence-corrected chi connectivity index (χ4v) is 2.22. The summed E-state index contributed by atoms with van der Waals surface area (Å²) in [6.45, 7) is 2.32. The van der Waals surface area contributed by atoms with E-state index in [0.717, 1.165) is 16.9 Å². The van der Waals surface area contributed by atoms with E-state index in [-0.39, 0.29) is 64.6 Å². The minimum Gasteiger partial charge on any atom is -0.541 e. The van der Waals surface area contributed by atoms with Crippen molar-refractivity contribution in [2.24, 2.45) is 0 Å². The maximum absolute atomic E-state index is 10.5. The molecule has 2 aromatic carbocycles. The summed E-state index contributed by atoms with van der Waals surface area (Å²) in [4.78, 5) is 14.8. The zero-order chi connectivity index (χ0) is 16.1. The third kappa shape index (κ3) is 4.96. The molecule has 3 rings (SSSR count). The van der Waals surface area contributed by atoms with E-state index in [4.69, 9.17) is 9.15 Å². The van der Waals surface area contributed by atoms with E-state index >= 15 is 0 Å². The Bertz CT molecular complexity index is 782. The summed E-state index contributed by atoms with van der Waals surface area (Å²) in [7, 11) is 0. The molecular formula is C19H16NO3Rb. The number of aryl methyl sites for hydroxylation is 1. The quantitative estimate of drug-likeness (QED) is 0.586. The Labute approximate surface area is 190 Å². The molecule has 0 aliphatic rings. The van der Waals surface area contributed by atoms with Crippen LogP contribution in [0.2, 0.25) is 0 Å². The van der Waals surface area contributed by atoms with Crippen molar-refractivity contribution < 1.29 is 72.1 Å². The van der Waals surface area contributed by atoms with E-state index in [1.165, 1.54) is 0 Å². The van der Waals surface area contributed by atoms with Crippen molar-refractivity contribution in [3.8, 4) is 17.2 Å². The number of carbonyl (C=O) groups excluding carboxylic acids is 1. The summed E-state index contributed by atoms with van der Waals surface area (Å²) in [5.74, 6) is 1.93. The predicted octanol–water partition coefficient (Wildman–Crippen LogP) is 0.885. The second-order valence-corrected chi connectivity index (χ2v) is 5.14. The van der Waals surface area contributed by atoms with Crippen LogP contribution in [0.4, 0.5) is 0 Å². The van der Waals surface area contributed by atoms with Gasteiger partial charge >= 0.3 is 58.2 Å². The number of nitrogens with zero attached hydrogens (tertiary/aromatic N) is 1. The van der Waals surface area contributed by atoms with Crippen molar-refractivity contribution in [2.75, 3.05) is 0 Å². The molecule has 0 N–H and O–H groups in total. The molecule has 0 atom stereocenters. The van der Waals surface area contributed by atoms with Gasteiger partial charge in [0.05, 0.1) is 5.69 Å². The summed E-state index contributed by atoms with van der Waals surface area (Å²) in [5.41, 5.74) is 2.59. The molecule has 24 heavy (non-hydrogen) atoms. The maximum Gasteiger partial charge on any atom is 1.00 e. The van der Waals surface area contributed by atoms with E-state index < -0.39 is 0 Å². The van der Waals surface area contributed by atoms with Crippen LogP contribution in [0, 0.1) is 6.92 Å². The molecule has 0 aliphatic carbocycles. The molecule has 0 bridgehead atoms. The topological polar surface area (TPSA) is 52.3 Å². The molecule has 1 heterocycles. The van der Waals surface area contributed by atoms with Gasteiger partial charge in [0, 0.05) is 5.56 Å². The smallest absolute Gasteiger partial charge is 0.541 e. The molecule has 0 spiro atoms. The monoisotopic (exact) mass is 391 g/mol. The summed E-state index contributed by atoms with van der Waals surface area (Å²) in [6, 6.07) is 17.5. The van der Waals surface area contributed by atoms with Gasteiger partial charge in [0.2, 0.25) is 5.89 Å². The Balaban J connectivity index is 0.00000208. The molecule has 116 valence electrons. The summed E-state index contributed by atoms with van der Waals surface area (Å²) in [6.07, 6.45) is 1.98. The number of aromatic nitrogens is 1. The van der Waals surface area contributed by atoms with Crippen LogP contribution in [-0.2, 0) is 17.8 Å². The zero-order valence-electron chi connectivity index (χ0n) is 13.8. The van der Waals surface area contributed by atoms with Crippen molar-refractivity contribution in [3.63, 3.8) is 0 Å². The van der Waals surface area contributed by atoms with E-state index in [2.05, 4.69) is 4.98 Å². The largest absolute Gasteiger partial charge is 1.00 e. The fraction of sp³-hybridized carbons (Fsp3) is 0.158. The van der Waals surface area contributed by atoms with Gasteiger partial charge < -0.3 is 13.9 Å². The Morgan fingerprint density at radius 3 is 2.46 bits per heavy atom. The van der Waals surface area contributed by atoms with Gasteiger partial charge in [-0.3, -0.25) is 6.29 Å². The van der Waals surface area contributed by atoms with Crippen LogP contribution in [0.3, 0.4) is 0 Å². The van der Waals surface area contributed by atoms with Gasteiger partial charge in [-0.2, -0.15) is 0 Å². The van der Waals surface area contributed by atoms with E-state index in [1.807, 2.05) is 60.9 Å². The summed E-state index contributed by atoms with van der Waals surface area (Å²) in [5, 5.41) is 0. The van der Waals surface area contributed by atoms with Gasteiger partial charge in [-0.25, -0.2) is 4.98 Å². The zero-order valence-corrected chi connectivity index (χ0v) is 18.7. The van der Waals surface area contributed by atoms with E-state index in [1.54, 1.807) is 6.92 Å². The minimum atomic E-state index is 0. The van der Waals surface area contributed by atoms with Crippen LogP contribution in [-0.4, -0.2) is 11.3 Å². The first-order valence-corrected chi connectivity index (χ1v) is 7.35. The van der Waals surface area contributed by atoms with Crippen LogP contribution < -0.4 is 62.9 Å². The summed E-state index contributed by atoms with van der Waals surface area (Å²) < 4.78 is 11.3. The van der Waals surface area contributed by atoms with E-state index in [9.17, 15) is 4.79 Å². The van der Waals surface area contributed by atoms with Crippen LogP contribution in [0.1, 0.15) is 17.0 Å². The van der Waals surface area contributed by atoms with Crippen molar-refractivity contribution >= 4 is 6.29 Å². The molecule has 1 aromatic heterocycles. The second-order valence-electron chi connectivity index (χ2n) is 5.14. The number of hydrogen-bond donors (Lipinski definition) is 0. The van der Waals surface area contributed by atoms with Crippen LogP contribution in [0.5, 0.6) is 5.75 Å². The fourth-order valence-electron chi connectivity index (χ4n) is 2.22. The molecule has 5 heteroatoms. The molecular weight excluding hydrogens is 376 g/mol. The third-order valence-corrected chi connectivity index (χ3v) is 3.48. The van der Waals surface area contributed by atoms with Gasteiger partial charge in [-0.15, -0.1) is 6.42 Å². The molecule has 0 unspecified atom stereocenters. The van der Waals surface area contributed by atoms with Crippen molar-refractivity contribution in [1.29, 1.82) is 0 Å². The van der Waals surface area contributed by atoms with Crippen molar-refractivity contribution in [3.05, 3.63) is 71.6 Å². The minimum absolute atomic E-state index is 0. The molecule has 0 aliphatic heterocycles. The van der Waals surface area contributed by atoms with Gasteiger partial charge in [0.25, 0.3) is 0 Å². The molecule has 0 saturated carbocycles. The first kappa shape index (κ1) is 19.3. The van der Waals surface area contributed by atoms with Crippen LogP contribution >= 0.6 is 0 Å². The molecule has 3 aromatic rings. The van der Waals surface area contributed by atoms with Gasteiger partial charge in [0.15, 0.2) is 0 Å². The van der Waals surface area contributed by atoms with Gasteiger partial charge in [-0.1, -0.05) is 30.3 Å². The van der Waals surface area contributed by atoms with Crippen LogP contribution in [0.25, 0.3) is 11.5 Å². The molecule has 0 amide bonds. The molecule has 0 saturated heterocycles. The number of ether oxygens (including phenoxy) is 1. The van der Waals surface area contributed by atoms with E-state index in [0.29, 0.717) is 24.0 Å². The standard InChI is InChI=1S/C19H16NO3.Rb/c1-14-18(11-12-21)20-19(23-14)16-7-9-17(10-8-16)22-13-15-5-3-2-4-6-15;/h2-10H,11,13H2,1H3;/q-1;+1. The number of rotatable bonds is 6. The van der Waals surface area contributed by atoms with Crippen LogP contribution in [0.15, 0.2) is 59.0 Å². The molecule has 4 nitrogen and oxygen atoms in total.